The van der Waals surface area contributed by atoms with Crippen LogP contribution in [0.3, 0.4) is 0 Å². The molecule has 6 nitrogen and oxygen atoms in total. The van der Waals surface area contributed by atoms with Gasteiger partial charge >= 0.3 is 18.1 Å². The van der Waals surface area contributed by atoms with Gasteiger partial charge in [0.05, 0.1) is 18.7 Å². The van der Waals surface area contributed by atoms with Gasteiger partial charge in [-0.3, -0.25) is 4.79 Å². The van der Waals surface area contributed by atoms with Gasteiger partial charge in [-0.2, -0.15) is 23.3 Å². The van der Waals surface area contributed by atoms with E-state index < -0.39 is 30.2 Å². The minimum absolute atomic E-state index is 0.186. The molecule has 1 atom stereocenters. The van der Waals surface area contributed by atoms with E-state index in [1.54, 1.807) is 12.1 Å². The minimum Gasteiger partial charge on any atom is -0.459 e. The van der Waals surface area contributed by atoms with Crippen molar-refractivity contribution in [3.63, 3.8) is 0 Å². The van der Waals surface area contributed by atoms with Crippen molar-refractivity contribution in [2.24, 2.45) is 5.10 Å². The number of aliphatic hydroxyl groups is 1. The summed E-state index contributed by atoms with van der Waals surface area (Å²) in [5.74, 6) is -3.22. The van der Waals surface area contributed by atoms with Crippen molar-refractivity contribution in [3.05, 3.63) is 34.3 Å². The molecule has 2 rings (SSSR count). The summed E-state index contributed by atoms with van der Waals surface area (Å²) in [4.78, 5) is 23.4. The SMILES string of the molecule is CCOC(=O)C(=O)N1N=C(c2cccc(Br)c2)C[C@@]1(O)C(F)(F)F. The van der Waals surface area contributed by atoms with Gasteiger partial charge in [0.25, 0.3) is 5.72 Å². The Morgan fingerprint density at radius 2 is 2.12 bits per heavy atom. The molecule has 0 aromatic heterocycles. The molecule has 0 saturated carbocycles. The Morgan fingerprint density at radius 1 is 1.46 bits per heavy atom. The zero-order chi connectivity index (χ0) is 18.1. The molecule has 0 fully saturated rings. The van der Waals surface area contributed by atoms with Crippen LogP contribution in [0.15, 0.2) is 33.8 Å². The van der Waals surface area contributed by atoms with E-state index in [0.717, 1.165) is 0 Å². The summed E-state index contributed by atoms with van der Waals surface area (Å²) in [6, 6.07) is 6.16. The molecule has 0 unspecified atom stereocenters. The number of rotatable bonds is 2. The Labute approximate surface area is 143 Å². The maximum atomic E-state index is 13.3. The second-order valence-electron chi connectivity index (χ2n) is 4.89. The number of hydrogen-bond donors (Lipinski definition) is 1. The Hall–Kier alpha value is -1.94. The molecule has 1 aromatic rings. The highest BCUT2D eigenvalue weighted by Gasteiger charge is 2.64. The van der Waals surface area contributed by atoms with Crippen molar-refractivity contribution >= 4 is 33.5 Å². The number of esters is 1. The van der Waals surface area contributed by atoms with E-state index in [4.69, 9.17) is 0 Å². The number of ether oxygens (including phenoxy) is 1. The maximum Gasteiger partial charge on any atom is 0.438 e. The molecule has 1 aromatic carbocycles. The first-order chi connectivity index (χ1) is 11.1. The van der Waals surface area contributed by atoms with Gasteiger partial charge in [-0.25, -0.2) is 4.79 Å². The van der Waals surface area contributed by atoms with Crippen molar-refractivity contribution in [2.75, 3.05) is 6.61 Å². The first-order valence-electron chi connectivity index (χ1n) is 6.74. The smallest absolute Gasteiger partial charge is 0.438 e. The van der Waals surface area contributed by atoms with E-state index in [-0.39, 0.29) is 22.9 Å². The summed E-state index contributed by atoms with van der Waals surface area (Å²) in [5, 5.41) is 13.3. The number of benzene rings is 1. The molecule has 24 heavy (non-hydrogen) atoms. The fourth-order valence-electron chi connectivity index (χ4n) is 2.09. The van der Waals surface area contributed by atoms with Crippen LogP contribution in [0, 0.1) is 0 Å². The fourth-order valence-corrected chi connectivity index (χ4v) is 2.49. The van der Waals surface area contributed by atoms with Crippen LogP contribution in [0.25, 0.3) is 0 Å². The topological polar surface area (TPSA) is 79.2 Å². The molecule has 1 N–H and O–H groups in total. The van der Waals surface area contributed by atoms with E-state index in [1.165, 1.54) is 19.1 Å². The zero-order valence-corrected chi connectivity index (χ0v) is 13.9. The highest BCUT2D eigenvalue weighted by molar-refractivity contribution is 9.10. The zero-order valence-electron chi connectivity index (χ0n) is 12.3. The van der Waals surface area contributed by atoms with Gasteiger partial charge in [0, 0.05) is 4.47 Å². The number of carbonyl (C=O) groups is 2. The molecule has 1 aliphatic rings. The number of hydrogen-bond acceptors (Lipinski definition) is 5. The van der Waals surface area contributed by atoms with E-state index in [9.17, 15) is 27.9 Å². The normalized spacial score (nSPS) is 20.8. The van der Waals surface area contributed by atoms with Gasteiger partial charge in [0.15, 0.2) is 0 Å². The first kappa shape index (κ1) is 18.4. The van der Waals surface area contributed by atoms with Crippen LogP contribution in [-0.2, 0) is 14.3 Å². The molecule has 0 aliphatic carbocycles. The van der Waals surface area contributed by atoms with E-state index >= 15 is 0 Å². The molecule has 1 heterocycles. The predicted octanol–water partition coefficient (Wildman–Crippen LogP) is 2.20. The number of halogens is 4. The number of hydrazone groups is 1. The van der Waals surface area contributed by atoms with Crippen molar-refractivity contribution in [1.29, 1.82) is 0 Å². The lowest BCUT2D eigenvalue weighted by atomic mass is 10.0. The lowest BCUT2D eigenvalue weighted by molar-refractivity contribution is -0.302. The Morgan fingerprint density at radius 3 is 2.67 bits per heavy atom. The van der Waals surface area contributed by atoms with Crippen LogP contribution in [-0.4, -0.2) is 46.2 Å². The Bertz CT molecular complexity index is 708. The number of carbonyl (C=O) groups excluding carboxylic acids is 2. The largest absolute Gasteiger partial charge is 0.459 e. The Balaban J connectivity index is 2.45. The second kappa shape index (κ2) is 6.52. The monoisotopic (exact) mass is 408 g/mol. The molecule has 130 valence electrons. The van der Waals surface area contributed by atoms with Crippen LogP contribution in [0.5, 0.6) is 0 Å². The summed E-state index contributed by atoms with van der Waals surface area (Å²) in [5.41, 5.74) is -3.53. The van der Waals surface area contributed by atoms with Crippen molar-refractivity contribution < 1.29 is 32.6 Å². The van der Waals surface area contributed by atoms with Gasteiger partial charge in [0.2, 0.25) is 0 Å². The molecule has 0 radical (unpaired) electrons. The first-order valence-corrected chi connectivity index (χ1v) is 7.53. The van der Waals surface area contributed by atoms with Gasteiger partial charge in [-0.05, 0) is 24.6 Å². The summed E-state index contributed by atoms with van der Waals surface area (Å²) in [6.07, 6.45) is -6.22. The average Bonchev–Trinajstić information content (AvgIpc) is 2.86. The third-order valence-electron chi connectivity index (χ3n) is 3.24. The second-order valence-corrected chi connectivity index (χ2v) is 5.80. The van der Waals surface area contributed by atoms with Crippen LogP contribution in [0.4, 0.5) is 13.2 Å². The molecular weight excluding hydrogens is 397 g/mol. The van der Waals surface area contributed by atoms with Crippen molar-refractivity contribution in [2.45, 2.75) is 25.2 Å². The van der Waals surface area contributed by atoms with Gasteiger partial charge in [-0.15, -0.1) is 0 Å². The highest BCUT2D eigenvalue weighted by atomic mass is 79.9. The summed E-state index contributed by atoms with van der Waals surface area (Å²) >= 11 is 3.17. The third kappa shape index (κ3) is 3.29. The minimum atomic E-state index is -5.22. The van der Waals surface area contributed by atoms with Crippen LogP contribution >= 0.6 is 15.9 Å². The van der Waals surface area contributed by atoms with Crippen LogP contribution in [0.2, 0.25) is 0 Å². The molecular formula is C14H12BrF3N2O4. The molecule has 10 heteroatoms. The van der Waals surface area contributed by atoms with Gasteiger partial charge in [0.1, 0.15) is 0 Å². The van der Waals surface area contributed by atoms with Gasteiger partial charge < -0.3 is 9.84 Å². The number of amides is 1. The molecule has 0 spiro atoms. The number of alkyl halides is 3. The van der Waals surface area contributed by atoms with Crippen LogP contribution < -0.4 is 0 Å². The molecule has 0 saturated heterocycles. The average molecular weight is 409 g/mol. The highest BCUT2D eigenvalue weighted by Crippen LogP contribution is 2.41. The molecule has 1 aliphatic heterocycles. The lowest BCUT2D eigenvalue weighted by Crippen LogP contribution is -2.58. The van der Waals surface area contributed by atoms with Crippen molar-refractivity contribution in [3.8, 4) is 0 Å². The fraction of sp³-hybridized carbons (Fsp3) is 0.357. The third-order valence-corrected chi connectivity index (χ3v) is 3.73. The van der Waals surface area contributed by atoms with E-state index in [2.05, 4.69) is 25.8 Å². The summed E-state index contributed by atoms with van der Waals surface area (Å²) in [7, 11) is 0. The Kier molecular flexibility index (Phi) is 5.00. The summed E-state index contributed by atoms with van der Waals surface area (Å²) < 4.78 is 44.9. The van der Waals surface area contributed by atoms with Crippen molar-refractivity contribution in [1.82, 2.24) is 5.01 Å². The molecule has 0 bridgehead atoms. The van der Waals surface area contributed by atoms with Crippen LogP contribution in [0.1, 0.15) is 18.9 Å². The standard InChI is InChI=1S/C14H12BrF3N2O4/c1-2-24-12(22)11(21)20-13(23,14(16,17)18)7-10(19-20)8-4-3-5-9(15)6-8/h3-6,23H,2,7H2,1H3/t13-/m1/s1. The maximum absolute atomic E-state index is 13.3. The van der Waals surface area contributed by atoms with E-state index in [1.807, 2.05) is 0 Å². The summed E-state index contributed by atoms with van der Waals surface area (Å²) in [6.45, 7) is 1.19. The quantitative estimate of drug-likeness (QED) is 0.600. The van der Waals surface area contributed by atoms with Gasteiger partial charge in [-0.1, -0.05) is 28.1 Å². The lowest BCUT2D eigenvalue weighted by Gasteiger charge is -2.31. The molecule has 1 amide bonds. The predicted molar refractivity (Wildman–Crippen MR) is 79.8 cm³/mol. The number of nitrogens with zero attached hydrogens (tertiary/aromatic N) is 2. The van der Waals surface area contributed by atoms with E-state index in [0.29, 0.717) is 4.47 Å².